The van der Waals surface area contributed by atoms with Gasteiger partial charge in [-0.15, -0.1) is 0 Å². The molecular formula is C13H27N3O. The van der Waals surface area contributed by atoms with Gasteiger partial charge < -0.3 is 16.0 Å². The topological polar surface area (TPSA) is 58.4 Å². The van der Waals surface area contributed by atoms with Crippen molar-refractivity contribution < 1.29 is 4.79 Å². The highest BCUT2D eigenvalue weighted by Crippen LogP contribution is 2.19. The summed E-state index contributed by atoms with van der Waals surface area (Å²) in [5, 5.41) is 3.14. The Hall–Kier alpha value is -0.770. The van der Waals surface area contributed by atoms with Crippen LogP contribution in [0, 0.1) is 0 Å². The van der Waals surface area contributed by atoms with Gasteiger partial charge in [-0.25, -0.2) is 4.79 Å². The van der Waals surface area contributed by atoms with Gasteiger partial charge in [0.1, 0.15) is 0 Å². The molecule has 0 atom stereocenters. The summed E-state index contributed by atoms with van der Waals surface area (Å²) >= 11 is 0. The zero-order valence-corrected chi connectivity index (χ0v) is 11.5. The molecule has 0 radical (unpaired) electrons. The largest absolute Gasteiger partial charge is 0.335 e. The number of nitrogens with zero attached hydrogens (tertiary/aromatic N) is 1. The number of carbonyl (C=O) groups is 1. The zero-order valence-electron chi connectivity index (χ0n) is 11.5. The molecule has 0 unspecified atom stereocenters. The first kappa shape index (κ1) is 14.3. The van der Waals surface area contributed by atoms with Gasteiger partial charge in [0.2, 0.25) is 0 Å². The summed E-state index contributed by atoms with van der Waals surface area (Å²) in [7, 11) is 0. The average Bonchev–Trinajstić information content (AvgIpc) is 2.78. The Morgan fingerprint density at radius 2 is 2.00 bits per heavy atom. The molecule has 4 heteroatoms. The van der Waals surface area contributed by atoms with Gasteiger partial charge in [-0.05, 0) is 33.1 Å². The molecule has 1 rings (SSSR count). The van der Waals surface area contributed by atoms with Crippen LogP contribution in [0.25, 0.3) is 0 Å². The molecule has 4 nitrogen and oxygen atoms in total. The van der Waals surface area contributed by atoms with Crippen molar-refractivity contribution in [2.24, 2.45) is 5.73 Å². The van der Waals surface area contributed by atoms with E-state index in [0.717, 1.165) is 25.8 Å². The first-order valence-electron chi connectivity index (χ1n) is 6.79. The minimum atomic E-state index is -0.265. The minimum absolute atomic E-state index is 0.0502. The van der Waals surface area contributed by atoms with Crippen molar-refractivity contribution in [3.8, 4) is 0 Å². The van der Waals surface area contributed by atoms with Crippen LogP contribution in [-0.4, -0.2) is 35.6 Å². The highest BCUT2D eigenvalue weighted by atomic mass is 16.2. The number of urea groups is 1. The Morgan fingerprint density at radius 3 is 2.47 bits per heavy atom. The van der Waals surface area contributed by atoms with E-state index in [0.29, 0.717) is 12.6 Å². The number of carbonyl (C=O) groups excluding carboxylic acids is 1. The minimum Gasteiger partial charge on any atom is -0.335 e. The van der Waals surface area contributed by atoms with Gasteiger partial charge in [-0.3, -0.25) is 0 Å². The quantitative estimate of drug-likeness (QED) is 0.774. The monoisotopic (exact) mass is 241 g/mol. The van der Waals surface area contributed by atoms with Crippen LogP contribution in [0.4, 0.5) is 4.79 Å². The highest BCUT2D eigenvalue weighted by molar-refractivity contribution is 5.75. The number of rotatable bonds is 5. The van der Waals surface area contributed by atoms with E-state index in [2.05, 4.69) is 12.2 Å². The lowest BCUT2D eigenvalue weighted by Crippen LogP contribution is -2.57. The van der Waals surface area contributed by atoms with E-state index < -0.39 is 0 Å². The molecule has 1 aliphatic rings. The third kappa shape index (κ3) is 3.87. The molecule has 0 aromatic carbocycles. The van der Waals surface area contributed by atoms with Crippen LogP contribution in [0.2, 0.25) is 0 Å². The SMILES string of the molecule is CCCN(C(=O)NC1CCCC1)C(C)(C)CN. The second-order valence-corrected chi connectivity index (χ2v) is 5.60. The van der Waals surface area contributed by atoms with E-state index in [4.69, 9.17) is 5.73 Å². The Bertz CT molecular complexity index is 247. The molecular weight excluding hydrogens is 214 g/mol. The van der Waals surface area contributed by atoms with Crippen LogP contribution >= 0.6 is 0 Å². The third-order valence-electron chi connectivity index (χ3n) is 3.61. The first-order valence-corrected chi connectivity index (χ1v) is 6.79. The highest BCUT2D eigenvalue weighted by Gasteiger charge is 2.30. The summed E-state index contributed by atoms with van der Waals surface area (Å²) in [5.74, 6) is 0. The molecule has 17 heavy (non-hydrogen) atoms. The van der Waals surface area contributed by atoms with E-state index in [1.54, 1.807) is 0 Å². The van der Waals surface area contributed by atoms with Gasteiger partial charge >= 0.3 is 6.03 Å². The maximum Gasteiger partial charge on any atom is 0.318 e. The maximum atomic E-state index is 12.3. The summed E-state index contributed by atoms with van der Waals surface area (Å²) in [5.41, 5.74) is 5.50. The molecule has 0 heterocycles. The van der Waals surface area contributed by atoms with Gasteiger partial charge in [-0.2, -0.15) is 0 Å². The fourth-order valence-corrected chi connectivity index (χ4v) is 2.34. The second kappa shape index (κ2) is 6.24. The first-order chi connectivity index (χ1) is 8.01. The van der Waals surface area contributed by atoms with Crippen molar-refractivity contribution in [1.82, 2.24) is 10.2 Å². The summed E-state index contributed by atoms with van der Waals surface area (Å²) in [6.07, 6.45) is 5.67. The molecule has 3 N–H and O–H groups in total. The Morgan fingerprint density at radius 1 is 1.41 bits per heavy atom. The Balaban J connectivity index is 2.59. The average molecular weight is 241 g/mol. The van der Waals surface area contributed by atoms with Crippen molar-refractivity contribution >= 4 is 6.03 Å². The van der Waals surface area contributed by atoms with Crippen molar-refractivity contribution in [1.29, 1.82) is 0 Å². The van der Waals surface area contributed by atoms with Gasteiger partial charge in [0.25, 0.3) is 0 Å². The molecule has 1 saturated carbocycles. The Kier molecular flexibility index (Phi) is 5.25. The lowest BCUT2D eigenvalue weighted by Gasteiger charge is -2.38. The summed E-state index contributed by atoms with van der Waals surface area (Å²) in [4.78, 5) is 14.1. The van der Waals surface area contributed by atoms with Crippen LogP contribution in [0.15, 0.2) is 0 Å². The van der Waals surface area contributed by atoms with E-state index in [1.165, 1.54) is 12.8 Å². The van der Waals surface area contributed by atoms with E-state index in [1.807, 2.05) is 18.7 Å². The fourth-order valence-electron chi connectivity index (χ4n) is 2.34. The van der Waals surface area contributed by atoms with Crippen LogP contribution in [0.3, 0.4) is 0 Å². The normalized spacial score (nSPS) is 17.2. The molecule has 1 fully saturated rings. The fraction of sp³-hybridized carbons (Fsp3) is 0.923. The second-order valence-electron chi connectivity index (χ2n) is 5.60. The van der Waals surface area contributed by atoms with Crippen LogP contribution in [0.5, 0.6) is 0 Å². The van der Waals surface area contributed by atoms with Gasteiger partial charge in [0, 0.05) is 19.1 Å². The summed E-state index contributed by atoms with van der Waals surface area (Å²) in [6.45, 7) is 7.39. The van der Waals surface area contributed by atoms with Gasteiger partial charge in [0.15, 0.2) is 0 Å². The molecule has 2 amide bonds. The molecule has 1 aliphatic carbocycles. The van der Waals surface area contributed by atoms with Crippen LogP contribution in [-0.2, 0) is 0 Å². The van der Waals surface area contributed by atoms with Gasteiger partial charge in [0.05, 0.1) is 5.54 Å². The molecule has 0 aromatic heterocycles. The molecule has 0 spiro atoms. The smallest absolute Gasteiger partial charge is 0.318 e. The molecule has 0 aromatic rings. The van der Waals surface area contributed by atoms with Crippen LogP contribution < -0.4 is 11.1 Å². The molecule has 0 saturated heterocycles. The number of nitrogens with two attached hydrogens (primary N) is 1. The molecule has 0 aliphatic heterocycles. The molecule has 0 bridgehead atoms. The van der Waals surface area contributed by atoms with E-state index in [9.17, 15) is 4.79 Å². The summed E-state index contributed by atoms with van der Waals surface area (Å²) in [6, 6.07) is 0.421. The third-order valence-corrected chi connectivity index (χ3v) is 3.61. The number of hydrogen-bond donors (Lipinski definition) is 2. The van der Waals surface area contributed by atoms with Crippen molar-refractivity contribution in [2.45, 2.75) is 64.5 Å². The molecule has 100 valence electrons. The zero-order chi connectivity index (χ0) is 12.9. The lowest BCUT2D eigenvalue weighted by molar-refractivity contribution is 0.136. The van der Waals surface area contributed by atoms with E-state index in [-0.39, 0.29) is 11.6 Å². The lowest BCUT2D eigenvalue weighted by atomic mass is 10.0. The van der Waals surface area contributed by atoms with E-state index >= 15 is 0 Å². The van der Waals surface area contributed by atoms with Crippen molar-refractivity contribution in [3.05, 3.63) is 0 Å². The Labute approximate surface area is 105 Å². The van der Waals surface area contributed by atoms with Crippen LogP contribution in [0.1, 0.15) is 52.9 Å². The maximum absolute atomic E-state index is 12.3. The number of amides is 2. The van der Waals surface area contributed by atoms with Crippen molar-refractivity contribution in [3.63, 3.8) is 0 Å². The number of nitrogens with one attached hydrogen (secondary N) is 1. The number of hydrogen-bond acceptors (Lipinski definition) is 2. The standard InChI is InChI=1S/C13H27N3O/c1-4-9-16(13(2,3)10-14)12(17)15-11-7-5-6-8-11/h11H,4-10,14H2,1-3H3,(H,15,17). The predicted octanol–water partition coefficient (Wildman–Crippen LogP) is 2.09. The van der Waals surface area contributed by atoms with Crippen molar-refractivity contribution in [2.75, 3.05) is 13.1 Å². The summed E-state index contributed by atoms with van der Waals surface area (Å²) < 4.78 is 0. The predicted molar refractivity (Wildman–Crippen MR) is 70.9 cm³/mol. The van der Waals surface area contributed by atoms with Gasteiger partial charge in [-0.1, -0.05) is 19.8 Å².